The fraction of sp³-hybridized carbons (Fsp3) is 0.875. The molecule has 0 radical (unpaired) electrons. The van der Waals surface area contributed by atoms with Crippen molar-refractivity contribution in [2.75, 3.05) is 13.2 Å². The number of thiol groups is 1. The molecule has 1 atom stereocenters. The van der Waals surface area contributed by atoms with Gasteiger partial charge in [0.05, 0.1) is 0 Å². The predicted octanol–water partition coefficient (Wildman–Crippen LogP) is 1.09. The summed E-state index contributed by atoms with van der Waals surface area (Å²) in [5, 5.41) is 8.70. The Kier molecular flexibility index (Phi) is 6.20. The van der Waals surface area contributed by atoms with Crippen molar-refractivity contribution in [2.45, 2.75) is 26.7 Å². The molecule has 1 N–H and O–H groups in total. The first-order valence-corrected chi connectivity index (χ1v) is 4.74. The van der Waals surface area contributed by atoms with Gasteiger partial charge >= 0.3 is 0 Å². The first-order chi connectivity index (χ1) is 5.74. The van der Waals surface area contributed by atoms with Gasteiger partial charge in [0.25, 0.3) is 0 Å². The molecule has 72 valence electrons. The van der Waals surface area contributed by atoms with E-state index in [1.807, 2.05) is 13.8 Å². The number of aliphatic hydroxyl groups is 1. The molecule has 1 saturated heterocycles. The van der Waals surface area contributed by atoms with Crippen LogP contribution in [0.25, 0.3) is 0 Å². The van der Waals surface area contributed by atoms with Gasteiger partial charge in [-0.2, -0.15) is 0 Å². The van der Waals surface area contributed by atoms with Crippen LogP contribution in [0.1, 0.15) is 26.7 Å². The second-order valence-corrected chi connectivity index (χ2v) is 3.04. The van der Waals surface area contributed by atoms with Gasteiger partial charge in [-0.25, -0.2) is 0 Å². The van der Waals surface area contributed by atoms with Crippen molar-refractivity contribution in [1.82, 2.24) is 4.31 Å². The van der Waals surface area contributed by atoms with Crippen LogP contribution in [0.2, 0.25) is 0 Å². The standard InChI is InChI=1S/C6H11NO2S.C2H6/c8-4-5-1-2-7(10)6(9)3-5;1-2/h5,8,10H,1-4H2;1-2H3. The number of hydrogen-bond donors (Lipinski definition) is 2. The Balaban J connectivity index is 0.000000561. The van der Waals surface area contributed by atoms with Crippen LogP contribution in [0.5, 0.6) is 0 Å². The highest BCUT2D eigenvalue weighted by molar-refractivity contribution is 7.78. The Labute approximate surface area is 79.3 Å². The lowest BCUT2D eigenvalue weighted by Crippen LogP contribution is -2.33. The fourth-order valence-electron chi connectivity index (χ4n) is 1.04. The number of carbonyl (C=O) groups excluding carboxylic acids is 1. The average Bonchev–Trinajstić information content (AvgIpc) is 2.13. The van der Waals surface area contributed by atoms with E-state index in [4.69, 9.17) is 5.11 Å². The third kappa shape index (κ3) is 3.45. The highest BCUT2D eigenvalue weighted by Gasteiger charge is 2.22. The predicted molar refractivity (Wildman–Crippen MR) is 51.9 cm³/mol. The Bertz CT molecular complexity index is 141. The van der Waals surface area contributed by atoms with E-state index in [0.29, 0.717) is 13.0 Å². The van der Waals surface area contributed by atoms with Gasteiger partial charge in [0.2, 0.25) is 5.91 Å². The van der Waals surface area contributed by atoms with Crippen LogP contribution in [0.3, 0.4) is 0 Å². The van der Waals surface area contributed by atoms with Crippen LogP contribution in [0, 0.1) is 5.92 Å². The molecule has 0 aliphatic carbocycles. The molecule has 12 heavy (non-hydrogen) atoms. The Morgan fingerprint density at radius 2 is 2.25 bits per heavy atom. The van der Waals surface area contributed by atoms with Crippen molar-refractivity contribution in [3.8, 4) is 0 Å². The summed E-state index contributed by atoms with van der Waals surface area (Å²) in [5.41, 5.74) is 0. The molecule has 1 rings (SSSR count). The minimum atomic E-state index is 0.0219. The van der Waals surface area contributed by atoms with Gasteiger partial charge in [-0.1, -0.05) is 26.7 Å². The molecular formula is C8H17NO2S. The Morgan fingerprint density at radius 3 is 2.67 bits per heavy atom. The van der Waals surface area contributed by atoms with Gasteiger partial charge in [0.1, 0.15) is 0 Å². The molecule has 1 amide bonds. The molecule has 1 unspecified atom stereocenters. The lowest BCUT2D eigenvalue weighted by Gasteiger charge is -2.25. The Morgan fingerprint density at radius 1 is 1.67 bits per heavy atom. The van der Waals surface area contributed by atoms with E-state index in [1.54, 1.807) is 0 Å². The van der Waals surface area contributed by atoms with Crippen molar-refractivity contribution >= 4 is 18.7 Å². The van der Waals surface area contributed by atoms with Crippen molar-refractivity contribution in [3.63, 3.8) is 0 Å². The largest absolute Gasteiger partial charge is 0.396 e. The topological polar surface area (TPSA) is 40.5 Å². The van der Waals surface area contributed by atoms with Crippen LogP contribution < -0.4 is 0 Å². The van der Waals surface area contributed by atoms with E-state index in [1.165, 1.54) is 4.31 Å². The first kappa shape index (κ1) is 11.8. The van der Waals surface area contributed by atoms with Crippen molar-refractivity contribution in [3.05, 3.63) is 0 Å². The lowest BCUT2D eigenvalue weighted by atomic mass is 9.99. The molecule has 1 aliphatic heterocycles. The molecule has 4 heteroatoms. The van der Waals surface area contributed by atoms with E-state index in [9.17, 15) is 4.79 Å². The zero-order valence-corrected chi connectivity index (χ0v) is 8.55. The summed E-state index contributed by atoms with van der Waals surface area (Å²) in [6.45, 7) is 4.78. The van der Waals surface area contributed by atoms with Crippen molar-refractivity contribution < 1.29 is 9.90 Å². The lowest BCUT2D eigenvalue weighted by molar-refractivity contribution is -0.129. The van der Waals surface area contributed by atoms with Crippen LogP contribution in [-0.2, 0) is 4.79 Å². The van der Waals surface area contributed by atoms with Crippen LogP contribution in [0.4, 0.5) is 0 Å². The van der Waals surface area contributed by atoms with E-state index >= 15 is 0 Å². The van der Waals surface area contributed by atoms with E-state index in [2.05, 4.69) is 12.8 Å². The number of carbonyl (C=O) groups is 1. The SMILES string of the molecule is CC.O=C1CC(CO)CCN1S. The number of aliphatic hydroxyl groups excluding tert-OH is 1. The molecule has 1 aliphatic rings. The quantitative estimate of drug-likeness (QED) is 0.609. The van der Waals surface area contributed by atoms with Gasteiger partial charge < -0.3 is 5.11 Å². The average molecular weight is 191 g/mol. The van der Waals surface area contributed by atoms with Crippen LogP contribution >= 0.6 is 12.8 Å². The van der Waals surface area contributed by atoms with Gasteiger partial charge in [-0.15, -0.1) is 0 Å². The molecule has 0 bridgehead atoms. The van der Waals surface area contributed by atoms with Crippen LogP contribution in [0.15, 0.2) is 0 Å². The summed E-state index contributed by atoms with van der Waals surface area (Å²) in [6.07, 6.45) is 1.31. The van der Waals surface area contributed by atoms with E-state index in [0.717, 1.165) is 6.42 Å². The minimum Gasteiger partial charge on any atom is -0.396 e. The number of rotatable bonds is 1. The highest BCUT2D eigenvalue weighted by atomic mass is 32.1. The first-order valence-electron chi connectivity index (χ1n) is 4.34. The minimum absolute atomic E-state index is 0.0219. The summed E-state index contributed by atoms with van der Waals surface area (Å²) < 4.78 is 1.41. The second kappa shape index (κ2) is 6.31. The maximum atomic E-state index is 10.9. The molecule has 0 spiro atoms. The van der Waals surface area contributed by atoms with E-state index < -0.39 is 0 Å². The zero-order valence-electron chi connectivity index (χ0n) is 7.66. The maximum absolute atomic E-state index is 10.9. The van der Waals surface area contributed by atoms with Gasteiger partial charge in [-0.3, -0.25) is 9.10 Å². The number of piperidine rings is 1. The number of amides is 1. The summed E-state index contributed by atoms with van der Waals surface area (Å²) in [5.74, 6) is 0.185. The third-order valence-electron chi connectivity index (χ3n) is 1.76. The number of nitrogens with zero attached hydrogens (tertiary/aromatic N) is 1. The Hall–Kier alpha value is -0.220. The fourth-order valence-corrected chi connectivity index (χ4v) is 1.24. The smallest absolute Gasteiger partial charge is 0.232 e. The summed E-state index contributed by atoms with van der Waals surface area (Å²) in [7, 11) is 0. The molecular weight excluding hydrogens is 174 g/mol. The van der Waals surface area contributed by atoms with Crippen molar-refractivity contribution in [1.29, 1.82) is 0 Å². The molecule has 1 fully saturated rings. The normalized spacial score (nSPS) is 23.2. The van der Waals surface area contributed by atoms with Gasteiger partial charge in [0.15, 0.2) is 0 Å². The van der Waals surface area contributed by atoms with Crippen molar-refractivity contribution in [2.24, 2.45) is 5.92 Å². The highest BCUT2D eigenvalue weighted by Crippen LogP contribution is 2.18. The third-order valence-corrected chi connectivity index (χ3v) is 2.18. The summed E-state index contributed by atoms with van der Waals surface area (Å²) >= 11 is 3.94. The second-order valence-electron chi connectivity index (χ2n) is 2.56. The van der Waals surface area contributed by atoms with Gasteiger partial charge in [-0.05, 0) is 12.3 Å². The van der Waals surface area contributed by atoms with E-state index in [-0.39, 0.29) is 18.4 Å². The molecule has 0 saturated carbocycles. The molecule has 0 aromatic carbocycles. The monoisotopic (exact) mass is 191 g/mol. The molecule has 0 aromatic rings. The van der Waals surface area contributed by atoms with Gasteiger partial charge in [0, 0.05) is 19.6 Å². The summed E-state index contributed by atoms with van der Waals surface area (Å²) in [4.78, 5) is 10.9. The maximum Gasteiger partial charge on any atom is 0.232 e. The molecule has 3 nitrogen and oxygen atoms in total. The zero-order chi connectivity index (χ0) is 9.56. The van der Waals surface area contributed by atoms with Crippen LogP contribution in [-0.4, -0.2) is 28.5 Å². The number of hydrogen-bond acceptors (Lipinski definition) is 3. The summed E-state index contributed by atoms with van der Waals surface area (Å²) in [6, 6.07) is 0. The molecule has 0 aromatic heterocycles. The molecule has 1 heterocycles.